The topological polar surface area (TPSA) is 113 Å². The Hall–Kier alpha value is -3.09. The van der Waals surface area contributed by atoms with Gasteiger partial charge in [-0.15, -0.1) is 0 Å². The first kappa shape index (κ1) is 17.7. The second kappa shape index (κ2) is 7.86. The number of rotatable bonds is 4. The molecule has 1 heterocycles. The number of carbonyl (C=O) groups is 1. The molecule has 1 fully saturated rings. The highest BCUT2D eigenvalue weighted by Crippen LogP contribution is 2.34. The van der Waals surface area contributed by atoms with E-state index in [-0.39, 0.29) is 18.0 Å². The maximum absolute atomic E-state index is 12.4. The number of nitrogens with zero attached hydrogens (tertiary/aromatic N) is 1. The van der Waals surface area contributed by atoms with Crippen LogP contribution in [0.5, 0.6) is 0 Å². The standard InChI is InChI=1S/C19H23N5O2/c1-26-18(21)14-11-22-17(10-15(14)20)24-19(25)23-16-9-5-8-13(16)12-6-3-2-4-7-12/h2-4,6-7,10-11,13,16,21H,5,8-9H2,1H3,(H4,20,22,23,24,25). The maximum atomic E-state index is 12.4. The molecule has 0 radical (unpaired) electrons. The van der Waals surface area contributed by atoms with Crippen LogP contribution in [0, 0.1) is 5.41 Å². The van der Waals surface area contributed by atoms with Crippen LogP contribution in [0.25, 0.3) is 0 Å². The summed E-state index contributed by atoms with van der Waals surface area (Å²) in [6, 6.07) is 11.6. The highest BCUT2D eigenvalue weighted by Gasteiger charge is 2.29. The van der Waals surface area contributed by atoms with Gasteiger partial charge in [0.15, 0.2) is 0 Å². The van der Waals surface area contributed by atoms with Gasteiger partial charge in [-0.05, 0) is 18.4 Å². The van der Waals surface area contributed by atoms with Gasteiger partial charge in [-0.2, -0.15) is 0 Å². The molecular weight excluding hydrogens is 330 g/mol. The summed E-state index contributed by atoms with van der Waals surface area (Å²) >= 11 is 0. The van der Waals surface area contributed by atoms with E-state index in [1.165, 1.54) is 24.9 Å². The van der Waals surface area contributed by atoms with Crippen molar-refractivity contribution >= 4 is 23.4 Å². The van der Waals surface area contributed by atoms with Crippen LogP contribution in [0.4, 0.5) is 16.3 Å². The van der Waals surface area contributed by atoms with Gasteiger partial charge in [-0.25, -0.2) is 9.78 Å². The van der Waals surface area contributed by atoms with Crippen molar-refractivity contribution in [3.8, 4) is 0 Å². The fourth-order valence-electron chi connectivity index (χ4n) is 3.39. The Morgan fingerprint density at radius 2 is 2.08 bits per heavy atom. The molecule has 1 saturated carbocycles. The van der Waals surface area contributed by atoms with Crippen LogP contribution in [0.15, 0.2) is 42.6 Å². The quantitative estimate of drug-likeness (QED) is 0.499. The molecular formula is C19H23N5O2. The monoisotopic (exact) mass is 353 g/mol. The molecule has 1 aromatic heterocycles. The number of methoxy groups -OCH3 is 1. The lowest BCUT2D eigenvalue weighted by atomic mass is 9.94. The van der Waals surface area contributed by atoms with Crippen molar-refractivity contribution in [1.29, 1.82) is 5.41 Å². The molecule has 7 heteroatoms. The first-order chi connectivity index (χ1) is 12.6. The van der Waals surface area contributed by atoms with Crippen molar-refractivity contribution in [3.05, 3.63) is 53.7 Å². The van der Waals surface area contributed by atoms with Crippen LogP contribution >= 0.6 is 0 Å². The van der Waals surface area contributed by atoms with E-state index in [0.717, 1.165) is 19.3 Å². The van der Waals surface area contributed by atoms with Crippen LogP contribution < -0.4 is 16.4 Å². The Morgan fingerprint density at radius 3 is 2.77 bits per heavy atom. The van der Waals surface area contributed by atoms with Gasteiger partial charge >= 0.3 is 6.03 Å². The van der Waals surface area contributed by atoms with Crippen LogP contribution in [-0.4, -0.2) is 30.1 Å². The minimum Gasteiger partial charge on any atom is -0.481 e. The fraction of sp³-hybridized carbons (Fsp3) is 0.316. The third kappa shape index (κ3) is 3.93. The zero-order chi connectivity index (χ0) is 18.5. The van der Waals surface area contributed by atoms with E-state index >= 15 is 0 Å². The average Bonchev–Trinajstić information content (AvgIpc) is 3.10. The average molecular weight is 353 g/mol. The number of ether oxygens (including phenoxy) is 1. The second-order valence-corrected chi connectivity index (χ2v) is 6.34. The van der Waals surface area contributed by atoms with Gasteiger partial charge in [-0.1, -0.05) is 36.8 Å². The number of aromatic nitrogens is 1. The smallest absolute Gasteiger partial charge is 0.320 e. The van der Waals surface area contributed by atoms with E-state index in [2.05, 4.69) is 27.8 Å². The molecule has 2 amide bonds. The number of anilines is 2. The molecule has 0 bridgehead atoms. The van der Waals surface area contributed by atoms with Gasteiger partial charge in [0.1, 0.15) is 5.82 Å². The second-order valence-electron chi connectivity index (χ2n) is 6.34. The van der Waals surface area contributed by atoms with E-state index < -0.39 is 0 Å². The minimum atomic E-state index is -0.306. The SMILES string of the molecule is COC(=N)c1cnc(NC(=O)NC2CCCC2c2ccccc2)cc1N. The molecule has 26 heavy (non-hydrogen) atoms. The molecule has 0 aliphatic heterocycles. The summed E-state index contributed by atoms with van der Waals surface area (Å²) in [5.41, 5.74) is 7.86. The lowest BCUT2D eigenvalue weighted by Crippen LogP contribution is -2.39. The van der Waals surface area contributed by atoms with Crippen molar-refractivity contribution in [3.63, 3.8) is 0 Å². The number of hydrogen-bond acceptors (Lipinski definition) is 5. The Balaban J connectivity index is 1.63. The summed E-state index contributed by atoms with van der Waals surface area (Å²) in [6.07, 6.45) is 4.52. The summed E-state index contributed by atoms with van der Waals surface area (Å²) in [6.45, 7) is 0. The number of nitrogens with one attached hydrogen (secondary N) is 3. The molecule has 2 unspecified atom stereocenters. The molecule has 3 rings (SSSR count). The van der Waals surface area contributed by atoms with Crippen LogP contribution in [0.3, 0.4) is 0 Å². The minimum absolute atomic E-state index is 0.0670. The lowest BCUT2D eigenvalue weighted by Gasteiger charge is -2.21. The number of benzene rings is 1. The van der Waals surface area contributed by atoms with E-state index in [1.54, 1.807) is 0 Å². The largest absolute Gasteiger partial charge is 0.481 e. The Bertz CT molecular complexity index is 794. The summed E-state index contributed by atoms with van der Waals surface area (Å²) < 4.78 is 4.84. The van der Waals surface area contributed by atoms with Crippen molar-refractivity contribution in [2.24, 2.45) is 0 Å². The first-order valence-corrected chi connectivity index (χ1v) is 8.59. The van der Waals surface area contributed by atoms with Crippen molar-refractivity contribution in [1.82, 2.24) is 10.3 Å². The van der Waals surface area contributed by atoms with Crippen molar-refractivity contribution in [2.75, 3.05) is 18.2 Å². The number of amides is 2. The number of pyridine rings is 1. The van der Waals surface area contributed by atoms with Crippen molar-refractivity contribution < 1.29 is 9.53 Å². The van der Waals surface area contributed by atoms with Gasteiger partial charge in [0, 0.05) is 29.9 Å². The Kier molecular flexibility index (Phi) is 5.36. The van der Waals surface area contributed by atoms with Gasteiger partial charge in [0.2, 0.25) is 5.90 Å². The van der Waals surface area contributed by atoms with E-state index in [9.17, 15) is 4.79 Å². The molecule has 7 nitrogen and oxygen atoms in total. The molecule has 136 valence electrons. The van der Waals surface area contributed by atoms with Crippen LogP contribution in [-0.2, 0) is 4.74 Å². The van der Waals surface area contributed by atoms with E-state index in [4.69, 9.17) is 15.9 Å². The molecule has 2 atom stereocenters. The third-order valence-electron chi connectivity index (χ3n) is 4.69. The first-order valence-electron chi connectivity index (χ1n) is 8.59. The lowest BCUT2D eigenvalue weighted by molar-refractivity contribution is 0.247. The predicted molar refractivity (Wildman–Crippen MR) is 101 cm³/mol. The van der Waals surface area contributed by atoms with Crippen LogP contribution in [0.2, 0.25) is 0 Å². The zero-order valence-electron chi connectivity index (χ0n) is 14.7. The summed E-state index contributed by atoms with van der Waals surface area (Å²) in [5.74, 6) is 0.592. The number of nitrogen functional groups attached to an aromatic ring is 1. The molecule has 0 spiro atoms. The predicted octanol–water partition coefficient (Wildman–Crippen LogP) is 3.09. The van der Waals surface area contributed by atoms with Gasteiger partial charge in [0.05, 0.1) is 12.7 Å². The Morgan fingerprint density at radius 1 is 1.31 bits per heavy atom. The van der Waals surface area contributed by atoms with Crippen LogP contribution in [0.1, 0.15) is 36.3 Å². The maximum Gasteiger partial charge on any atom is 0.320 e. The van der Waals surface area contributed by atoms with Gasteiger partial charge in [0.25, 0.3) is 0 Å². The molecule has 5 N–H and O–H groups in total. The van der Waals surface area contributed by atoms with E-state index in [1.807, 2.05) is 18.2 Å². The van der Waals surface area contributed by atoms with Gasteiger partial charge < -0.3 is 15.8 Å². The zero-order valence-corrected chi connectivity index (χ0v) is 14.7. The highest BCUT2D eigenvalue weighted by atomic mass is 16.5. The molecule has 1 aliphatic rings. The highest BCUT2D eigenvalue weighted by molar-refractivity contribution is 5.97. The van der Waals surface area contributed by atoms with Crippen molar-refractivity contribution in [2.45, 2.75) is 31.2 Å². The summed E-state index contributed by atoms with van der Waals surface area (Å²) in [7, 11) is 1.39. The fourth-order valence-corrected chi connectivity index (χ4v) is 3.39. The number of nitrogens with two attached hydrogens (primary N) is 1. The number of carbonyl (C=O) groups excluding carboxylic acids is 1. The molecule has 2 aromatic rings. The number of urea groups is 1. The normalized spacial score (nSPS) is 19.0. The summed E-state index contributed by atoms with van der Waals surface area (Å²) in [4.78, 5) is 16.5. The Labute approximate surface area is 152 Å². The molecule has 1 aliphatic carbocycles. The molecule has 0 saturated heterocycles. The summed E-state index contributed by atoms with van der Waals surface area (Å²) in [5, 5.41) is 13.4. The van der Waals surface area contributed by atoms with Gasteiger partial charge in [-0.3, -0.25) is 10.7 Å². The molecule has 1 aromatic carbocycles. The third-order valence-corrected chi connectivity index (χ3v) is 4.69. The van der Waals surface area contributed by atoms with E-state index in [0.29, 0.717) is 23.0 Å². The number of hydrogen-bond donors (Lipinski definition) is 4.